The lowest BCUT2D eigenvalue weighted by atomic mass is 10.1. The molecule has 0 aromatic heterocycles. The van der Waals surface area contributed by atoms with E-state index in [1.165, 1.54) is 0 Å². The molecule has 4 heteroatoms. The van der Waals surface area contributed by atoms with Crippen molar-refractivity contribution < 1.29 is 9.90 Å². The average Bonchev–Trinajstić information content (AvgIpc) is 2.55. The van der Waals surface area contributed by atoms with Crippen molar-refractivity contribution >= 4 is 11.6 Å². The Hall–Kier alpha value is -2.64. The van der Waals surface area contributed by atoms with Crippen LogP contribution in [0.4, 0.5) is 5.69 Å². The van der Waals surface area contributed by atoms with Crippen molar-refractivity contribution in [3.63, 3.8) is 0 Å². The van der Waals surface area contributed by atoms with Crippen LogP contribution in [-0.4, -0.2) is 17.6 Å². The van der Waals surface area contributed by atoms with Gasteiger partial charge in [-0.05, 0) is 48.2 Å². The zero-order valence-electron chi connectivity index (χ0n) is 12.2. The Morgan fingerprint density at radius 3 is 2.18 bits per heavy atom. The van der Waals surface area contributed by atoms with Crippen LogP contribution in [0.15, 0.2) is 48.5 Å². The van der Waals surface area contributed by atoms with E-state index in [1.807, 2.05) is 36.4 Å². The number of nitrogens with one attached hydrogen (secondary N) is 1. The van der Waals surface area contributed by atoms with E-state index in [1.54, 1.807) is 12.1 Å². The van der Waals surface area contributed by atoms with Gasteiger partial charge < -0.3 is 10.4 Å². The Kier molecular flexibility index (Phi) is 5.70. The summed E-state index contributed by atoms with van der Waals surface area (Å²) in [5.41, 5.74) is 3.45. The molecule has 0 aliphatic carbocycles. The number of hydrogen-bond donors (Lipinski definition) is 2. The molecular formula is C18H18N2O2. The van der Waals surface area contributed by atoms with Crippen molar-refractivity contribution in [3.05, 3.63) is 65.2 Å². The van der Waals surface area contributed by atoms with Crippen LogP contribution in [0.2, 0.25) is 0 Å². The van der Waals surface area contributed by atoms with Crippen LogP contribution in [0.5, 0.6) is 0 Å². The molecule has 112 valence electrons. The quantitative estimate of drug-likeness (QED) is 0.860. The van der Waals surface area contributed by atoms with E-state index >= 15 is 0 Å². The fourth-order valence-electron chi connectivity index (χ4n) is 2.11. The van der Waals surface area contributed by atoms with E-state index < -0.39 is 0 Å². The number of carbonyl (C=O) groups excluding carboxylic acids is 1. The number of aliphatic hydroxyl groups is 1. The molecular weight excluding hydrogens is 276 g/mol. The highest BCUT2D eigenvalue weighted by atomic mass is 16.2. The Bertz CT molecular complexity index is 655. The number of aliphatic hydroxyl groups excluding tert-OH is 1. The molecule has 22 heavy (non-hydrogen) atoms. The number of nitriles is 1. The summed E-state index contributed by atoms with van der Waals surface area (Å²) < 4.78 is 0. The molecule has 0 atom stereocenters. The molecule has 0 aliphatic heterocycles. The molecule has 0 fully saturated rings. The Morgan fingerprint density at radius 1 is 1.00 bits per heavy atom. The van der Waals surface area contributed by atoms with Crippen molar-refractivity contribution in [2.24, 2.45) is 0 Å². The summed E-state index contributed by atoms with van der Waals surface area (Å²) in [5.74, 6) is -0.0423. The number of rotatable bonds is 6. The molecule has 0 spiro atoms. The first-order valence-electron chi connectivity index (χ1n) is 7.20. The Morgan fingerprint density at radius 2 is 1.59 bits per heavy atom. The summed E-state index contributed by atoms with van der Waals surface area (Å²) in [6.45, 7) is 0.121. The van der Waals surface area contributed by atoms with Crippen molar-refractivity contribution in [2.45, 2.75) is 19.3 Å². The smallest absolute Gasteiger partial charge is 0.224 e. The third kappa shape index (κ3) is 4.72. The lowest BCUT2D eigenvalue weighted by molar-refractivity contribution is -0.116. The van der Waals surface area contributed by atoms with Crippen LogP contribution in [0, 0.1) is 11.3 Å². The molecule has 0 saturated carbocycles. The molecule has 2 aromatic carbocycles. The number of amides is 1. The van der Waals surface area contributed by atoms with Crippen LogP contribution in [-0.2, 0) is 17.6 Å². The predicted molar refractivity (Wildman–Crippen MR) is 85.3 cm³/mol. The van der Waals surface area contributed by atoms with Gasteiger partial charge in [-0.25, -0.2) is 0 Å². The number of nitrogens with zero attached hydrogens (tertiary/aromatic N) is 1. The van der Waals surface area contributed by atoms with Crippen molar-refractivity contribution in [3.8, 4) is 6.07 Å². The highest BCUT2D eigenvalue weighted by Gasteiger charge is 2.04. The monoisotopic (exact) mass is 294 g/mol. The largest absolute Gasteiger partial charge is 0.396 e. The second-order valence-electron chi connectivity index (χ2n) is 5.03. The molecule has 1 amide bonds. The van der Waals surface area contributed by atoms with Crippen molar-refractivity contribution in [1.29, 1.82) is 5.26 Å². The molecule has 2 rings (SSSR count). The van der Waals surface area contributed by atoms with Crippen LogP contribution in [0.25, 0.3) is 0 Å². The molecule has 0 heterocycles. The maximum atomic E-state index is 11.9. The molecule has 0 aliphatic rings. The fourth-order valence-corrected chi connectivity index (χ4v) is 2.11. The maximum Gasteiger partial charge on any atom is 0.224 e. The van der Waals surface area contributed by atoms with Gasteiger partial charge in [0.25, 0.3) is 0 Å². The van der Waals surface area contributed by atoms with Gasteiger partial charge in [-0.2, -0.15) is 5.26 Å². The molecule has 0 unspecified atom stereocenters. The standard InChI is InChI=1S/C18H18N2O2/c19-13-16-3-1-14(2-4-16)7-10-18(22)20-17-8-5-15(6-9-17)11-12-21/h1-6,8-9,21H,7,10-12H2,(H,20,22). The summed E-state index contributed by atoms with van der Waals surface area (Å²) >= 11 is 0. The number of aryl methyl sites for hydroxylation is 1. The third-order valence-electron chi connectivity index (χ3n) is 3.36. The van der Waals surface area contributed by atoms with Crippen LogP contribution in [0.1, 0.15) is 23.1 Å². The van der Waals surface area contributed by atoms with Gasteiger partial charge in [0.1, 0.15) is 0 Å². The summed E-state index contributed by atoms with van der Waals surface area (Å²) in [6, 6.07) is 16.8. The molecule has 2 aromatic rings. The zero-order chi connectivity index (χ0) is 15.8. The van der Waals surface area contributed by atoms with E-state index in [2.05, 4.69) is 11.4 Å². The van der Waals surface area contributed by atoms with E-state index in [0.717, 1.165) is 16.8 Å². The molecule has 4 nitrogen and oxygen atoms in total. The Labute approximate surface area is 130 Å². The SMILES string of the molecule is N#Cc1ccc(CCC(=O)Nc2ccc(CCO)cc2)cc1. The van der Waals surface area contributed by atoms with Gasteiger partial charge in [0.15, 0.2) is 0 Å². The lowest BCUT2D eigenvalue weighted by Gasteiger charge is -2.06. The van der Waals surface area contributed by atoms with Crippen LogP contribution in [0.3, 0.4) is 0 Å². The minimum Gasteiger partial charge on any atom is -0.396 e. The van der Waals surface area contributed by atoms with Gasteiger partial charge >= 0.3 is 0 Å². The summed E-state index contributed by atoms with van der Waals surface area (Å²) in [7, 11) is 0. The first kappa shape index (κ1) is 15.7. The number of carbonyl (C=O) groups is 1. The maximum absolute atomic E-state index is 11.9. The van der Waals surface area contributed by atoms with Crippen molar-refractivity contribution in [1.82, 2.24) is 0 Å². The van der Waals surface area contributed by atoms with Gasteiger partial charge in [0.05, 0.1) is 11.6 Å². The van der Waals surface area contributed by atoms with Gasteiger partial charge in [0, 0.05) is 18.7 Å². The minimum absolute atomic E-state index is 0.0423. The second-order valence-corrected chi connectivity index (χ2v) is 5.03. The molecule has 0 bridgehead atoms. The van der Waals surface area contributed by atoms with E-state index in [9.17, 15) is 4.79 Å². The lowest BCUT2D eigenvalue weighted by Crippen LogP contribution is -2.12. The highest BCUT2D eigenvalue weighted by molar-refractivity contribution is 5.90. The topological polar surface area (TPSA) is 73.1 Å². The minimum atomic E-state index is -0.0423. The number of hydrogen-bond acceptors (Lipinski definition) is 3. The predicted octanol–water partition coefficient (Wildman–Crippen LogP) is 2.66. The van der Waals surface area contributed by atoms with Crippen molar-refractivity contribution in [2.75, 3.05) is 11.9 Å². The normalized spacial score (nSPS) is 10.0. The number of anilines is 1. The van der Waals surface area contributed by atoms with E-state index in [4.69, 9.17) is 10.4 Å². The third-order valence-corrected chi connectivity index (χ3v) is 3.36. The van der Waals surface area contributed by atoms with Crippen LogP contribution < -0.4 is 5.32 Å². The molecule has 0 radical (unpaired) electrons. The van der Waals surface area contributed by atoms with Gasteiger partial charge in [0.2, 0.25) is 5.91 Å². The first-order chi connectivity index (χ1) is 10.7. The van der Waals surface area contributed by atoms with E-state index in [0.29, 0.717) is 24.8 Å². The fraction of sp³-hybridized carbons (Fsp3) is 0.222. The summed E-state index contributed by atoms with van der Waals surface area (Å²) in [6.07, 6.45) is 1.65. The molecule has 2 N–H and O–H groups in total. The molecule has 0 saturated heterocycles. The average molecular weight is 294 g/mol. The van der Waals surface area contributed by atoms with Gasteiger partial charge in [-0.1, -0.05) is 24.3 Å². The van der Waals surface area contributed by atoms with E-state index in [-0.39, 0.29) is 12.5 Å². The second kappa shape index (κ2) is 7.96. The first-order valence-corrected chi connectivity index (χ1v) is 7.20. The number of benzene rings is 2. The van der Waals surface area contributed by atoms with Gasteiger partial charge in [-0.15, -0.1) is 0 Å². The summed E-state index contributed by atoms with van der Waals surface area (Å²) in [4.78, 5) is 11.9. The van der Waals surface area contributed by atoms with Gasteiger partial charge in [-0.3, -0.25) is 4.79 Å². The highest BCUT2D eigenvalue weighted by Crippen LogP contribution is 2.11. The Balaban J connectivity index is 1.83. The zero-order valence-corrected chi connectivity index (χ0v) is 12.2. The van der Waals surface area contributed by atoms with Crippen LogP contribution >= 0.6 is 0 Å². The summed E-state index contributed by atoms with van der Waals surface area (Å²) in [5, 5.41) is 20.4.